The van der Waals surface area contributed by atoms with Crippen LogP contribution in [0.1, 0.15) is 24.0 Å². The zero-order valence-corrected chi connectivity index (χ0v) is 16.1. The van der Waals surface area contributed by atoms with Gasteiger partial charge in [0.1, 0.15) is 11.5 Å². The molecule has 0 spiro atoms. The van der Waals surface area contributed by atoms with Crippen LogP contribution in [0.4, 0.5) is 8.78 Å². The molecule has 150 valence electrons. The Balaban J connectivity index is 1.79. The first kappa shape index (κ1) is 19.3. The van der Waals surface area contributed by atoms with Crippen molar-refractivity contribution >= 4 is 5.91 Å². The molecule has 2 N–H and O–H groups in total. The summed E-state index contributed by atoms with van der Waals surface area (Å²) in [5.41, 5.74) is 9.26. The van der Waals surface area contributed by atoms with Crippen molar-refractivity contribution in [2.75, 3.05) is 6.54 Å². The number of carbonyl (C=O) groups is 1. The maximum atomic E-state index is 14.4. The largest absolute Gasteiger partial charge is 0.368 e. The Morgan fingerprint density at radius 2 is 2.03 bits per heavy atom. The number of primary amides is 1. The van der Waals surface area contributed by atoms with Gasteiger partial charge in [-0.05, 0) is 44.0 Å². The van der Waals surface area contributed by atoms with Crippen LogP contribution < -0.4 is 5.73 Å². The molecule has 5 nitrogen and oxygen atoms in total. The SMILES string of the molecule is Cc1ccccc1-c1nn(-c2ccc(F)cc2F)cc1CN1CCC[C@H]1C(N)=O. The van der Waals surface area contributed by atoms with Gasteiger partial charge in [0.15, 0.2) is 5.82 Å². The highest BCUT2D eigenvalue weighted by Crippen LogP contribution is 2.30. The summed E-state index contributed by atoms with van der Waals surface area (Å²) < 4.78 is 29.1. The Bertz CT molecular complexity index is 1060. The standard InChI is InChI=1S/C22H22F2N4O/c1-14-5-2-3-6-17(14)21-15(12-27-10-4-7-20(27)22(25)29)13-28(26-21)19-9-8-16(23)11-18(19)24/h2-3,5-6,8-9,11,13,20H,4,7,10,12H2,1H3,(H2,25,29)/t20-/m0/s1. The molecule has 0 saturated carbocycles. The van der Waals surface area contributed by atoms with E-state index in [2.05, 4.69) is 5.10 Å². The van der Waals surface area contributed by atoms with Gasteiger partial charge >= 0.3 is 0 Å². The van der Waals surface area contributed by atoms with Crippen molar-refractivity contribution < 1.29 is 13.6 Å². The second kappa shape index (κ2) is 7.75. The van der Waals surface area contributed by atoms with Crippen LogP contribution in [-0.2, 0) is 11.3 Å². The molecule has 1 aliphatic heterocycles. The molecule has 1 amide bonds. The summed E-state index contributed by atoms with van der Waals surface area (Å²) >= 11 is 0. The third-order valence-corrected chi connectivity index (χ3v) is 5.41. The van der Waals surface area contributed by atoms with Crippen LogP contribution in [-0.4, -0.2) is 33.2 Å². The quantitative estimate of drug-likeness (QED) is 0.717. The van der Waals surface area contributed by atoms with Crippen molar-refractivity contribution in [3.05, 3.63) is 71.4 Å². The molecule has 1 aromatic heterocycles. The predicted octanol–water partition coefficient (Wildman–Crippen LogP) is 3.58. The number of rotatable bonds is 5. The molecule has 29 heavy (non-hydrogen) atoms. The molecular formula is C22H22F2N4O. The average molecular weight is 396 g/mol. The minimum absolute atomic E-state index is 0.167. The van der Waals surface area contributed by atoms with Gasteiger partial charge in [0.25, 0.3) is 0 Å². The number of nitrogens with zero attached hydrogens (tertiary/aromatic N) is 3. The number of likely N-dealkylation sites (tertiary alicyclic amines) is 1. The first-order chi connectivity index (χ1) is 13.9. The van der Waals surface area contributed by atoms with E-state index in [1.807, 2.05) is 36.1 Å². The highest BCUT2D eigenvalue weighted by atomic mass is 19.1. The summed E-state index contributed by atoms with van der Waals surface area (Å²) in [6.45, 7) is 3.22. The number of aryl methyl sites for hydroxylation is 1. The Morgan fingerprint density at radius 3 is 2.76 bits per heavy atom. The summed E-state index contributed by atoms with van der Waals surface area (Å²) in [5, 5.41) is 4.63. The molecule has 0 aliphatic carbocycles. The Morgan fingerprint density at radius 1 is 1.24 bits per heavy atom. The van der Waals surface area contributed by atoms with Crippen LogP contribution in [0.25, 0.3) is 16.9 Å². The number of carbonyl (C=O) groups excluding carboxylic acids is 1. The molecule has 2 aromatic carbocycles. The summed E-state index contributed by atoms with van der Waals surface area (Å²) in [7, 11) is 0. The first-order valence-electron chi connectivity index (χ1n) is 9.57. The van der Waals surface area contributed by atoms with Crippen LogP contribution in [0, 0.1) is 18.6 Å². The van der Waals surface area contributed by atoms with E-state index in [9.17, 15) is 13.6 Å². The van der Waals surface area contributed by atoms with E-state index in [0.717, 1.165) is 42.1 Å². The molecule has 1 atom stereocenters. The smallest absolute Gasteiger partial charge is 0.234 e. The second-order valence-electron chi connectivity index (χ2n) is 7.39. The summed E-state index contributed by atoms with van der Waals surface area (Å²) in [5.74, 6) is -1.66. The van der Waals surface area contributed by atoms with E-state index >= 15 is 0 Å². The van der Waals surface area contributed by atoms with E-state index in [0.29, 0.717) is 12.2 Å². The summed E-state index contributed by atoms with van der Waals surface area (Å²) in [4.78, 5) is 13.8. The zero-order valence-electron chi connectivity index (χ0n) is 16.1. The third-order valence-electron chi connectivity index (χ3n) is 5.41. The van der Waals surface area contributed by atoms with Crippen molar-refractivity contribution in [3.63, 3.8) is 0 Å². The highest BCUT2D eigenvalue weighted by Gasteiger charge is 2.30. The average Bonchev–Trinajstić information content (AvgIpc) is 3.30. The Kier molecular flexibility index (Phi) is 5.15. The van der Waals surface area contributed by atoms with E-state index in [-0.39, 0.29) is 17.6 Å². The molecule has 3 aromatic rings. The van der Waals surface area contributed by atoms with E-state index in [1.54, 1.807) is 6.20 Å². The Hall–Kier alpha value is -3.06. The molecule has 0 bridgehead atoms. The van der Waals surface area contributed by atoms with Crippen LogP contribution in [0.15, 0.2) is 48.7 Å². The van der Waals surface area contributed by atoms with Gasteiger partial charge in [-0.3, -0.25) is 9.69 Å². The molecule has 1 saturated heterocycles. The van der Waals surface area contributed by atoms with E-state index < -0.39 is 11.6 Å². The highest BCUT2D eigenvalue weighted by molar-refractivity contribution is 5.80. The van der Waals surface area contributed by atoms with Crippen LogP contribution in [0.3, 0.4) is 0 Å². The molecule has 1 aliphatic rings. The number of hydrogen-bond donors (Lipinski definition) is 1. The lowest BCUT2D eigenvalue weighted by Crippen LogP contribution is -2.39. The topological polar surface area (TPSA) is 64.2 Å². The monoisotopic (exact) mass is 396 g/mol. The fraction of sp³-hybridized carbons (Fsp3) is 0.273. The van der Waals surface area contributed by atoms with Crippen LogP contribution in [0.2, 0.25) is 0 Å². The fourth-order valence-corrected chi connectivity index (χ4v) is 3.94. The van der Waals surface area contributed by atoms with Gasteiger partial charge in [-0.1, -0.05) is 24.3 Å². The van der Waals surface area contributed by atoms with E-state index in [4.69, 9.17) is 5.73 Å². The van der Waals surface area contributed by atoms with Gasteiger partial charge in [-0.15, -0.1) is 0 Å². The van der Waals surface area contributed by atoms with Crippen molar-refractivity contribution in [1.29, 1.82) is 0 Å². The number of nitrogens with two attached hydrogens (primary N) is 1. The van der Waals surface area contributed by atoms with Gasteiger partial charge in [0.2, 0.25) is 5.91 Å². The van der Waals surface area contributed by atoms with Gasteiger partial charge in [0, 0.05) is 29.9 Å². The van der Waals surface area contributed by atoms with Gasteiger partial charge < -0.3 is 5.73 Å². The molecular weight excluding hydrogens is 374 g/mol. The molecule has 2 heterocycles. The molecule has 0 unspecified atom stereocenters. The predicted molar refractivity (Wildman–Crippen MR) is 106 cm³/mol. The lowest BCUT2D eigenvalue weighted by Gasteiger charge is -2.21. The van der Waals surface area contributed by atoms with Crippen molar-refractivity contribution in [2.24, 2.45) is 5.73 Å². The van der Waals surface area contributed by atoms with Crippen LogP contribution >= 0.6 is 0 Å². The minimum atomic E-state index is -0.688. The maximum Gasteiger partial charge on any atom is 0.234 e. The zero-order chi connectivity index (χ0) is 20.5. The van der Waals surface area contributed by atoms with Crippen molar-refractivity contribution in [3.8, 4) is 16.9 Å². The van der Waals surface area contributed by atoms with Gasteiger partial charge in [-0.25, -0.2) is 13.5 Å². The van der Waals surface area contributed by atoms with Gasteiger partial charge in [-0.2, -0.15) is 5.10 Å². The third kappa shape index (κ3) is 3.78. The van der Waals surface area contributed by atoms with E-state index in [1.165, 1.54) is 16.8 Å². The van der Waals surface area contributed by atoms with Gasteiger partial charge in [0.05, 0.1) is 11.7 Å². The second-order valence-corrected chi connectivity index (χ2v) is 7.39. The molecule has 7 heteroatoms. The fourth-order valence-electron chi connectivity index (χ4n) is 3.94. The number of aromatic nitrogens is 2. The molecule has 4 rings (SSSR count). The summed E-state index contributed by atoms with van der Waals surface area (Å²) in [6.07, 6.45) is 3.37. The van der Waals surface area contributed by atoms with Crippen molar-refractivity contribution in [1.82, 2.24) is 14.7 Å². The Labute approximate surface area is 167 Å². The molecule has 0 radical (unpaired) electrons. The maximum absolute atomic E-state index is 14.4. The normalized spacial score (nSPS) is 17.0. The lowest BCUT2D eigenvalue weighted by atomic mass is 10.0. The number of halogens is 2. The molecule has 1 fully saturated rings. The number of hydrogen-bond acceptors (Lipinski definition) is 3. The minimum Gasteiger partial charge on any atom is -0.368 e. The first-order valence-corrected chi connectivity index (χ1v) is 9.57. The summed E-state index contributed by atoms with van der Waals surface area (Å²) in [6, 6.07) is 10.9. The van der Waals surface area contributed by atoms with Crippen molar-refractivity contribution in [2.45, 2.75) is 32.4 Å². The number of benzene rings is 2. The lowest BCUT2D eigenvalue weighted by molar-refractivity contribution is -0.122. The van der Waals surface area contributed by atoms with Crippen LogP contribution in [0.5, 0.6) is 0 Å². The number of amides is 1.